The van der Waals surface area contributed by atoms with Crippen molar-refractivity contribution in [3.05, 3.63) is 34.4 Å². The number of carbonyl (C=O) groups is 1. The molecule has 3 aliphatic carbocycles. The van der Waals surface area contributed by atoms with Gasteiger partial charge in [0.1, 0.15) is 17.3 Å². The number of fused-ring (bicyclic) bond motifs is 2. The van der Waals surface area contributed by atoms with Crippen LogP contribution in [0.2, 0.25) is 5.02 Å². The van der Waals surface area contributed by atoms with E-state index in [0.29, 0.717) is 25.7 Å². The van der Waals surface area contributed by atoms with Crippen LogP contribution >= 0.6 is 11.6 Å². The lowest BCUT2D eigenvalue weighted by molar-refractivity contribution is -0.129. The predicted molar refractivity (Wildman–Crippen MR) is 122 cm³/mol. The Bertz CT molecular complexity index is 1110. The van der Waals surface area contributed by atoms with E-state index in [2.05, 4.69) is 5.32 Å². The van der Waals surface area contributed by atoms with E-state index in [0.717, 1.165) is 44.1 Å². The number of halogens is 4. The van der Waals surface area contributed by atoms with Crippen molar-refractivity contribution in [2.24, 2.45) is 16.7 Å². The van der Waals surface area contributed by atoms with Gasteiger partial charge in [0.15, 0.2) is 0 Å². The summed E-state index contributed by atoms with van der Waals surface area (Å²) in [5.74, 6) is -2.82. The lowest BCUT2D eigenvalue weighted by Crippen LogP contribution is -2.46. The van der Waals surface area contributed by atoms with E-state index >= 15 is 13.2 Å². The molecule has 2 bridgehead atoms. The maximum atomic E-state index is 15.2. The van der Waals surface area contributed by atoms with Gasteiger partial charge < -0.3 is 5.32 Å². The van der Waals surface area contributed by atoms with Crippen molar-refractivity contribution in [2.75, 3.05) is 19.3 Å². The normalized spacial score (nSPS) is 33.6. The number of alkyl halides is 1. The number of amides is 1. The SMILES string of the molecule is CS(=O)(=O)N1C[C@@H](C(=O)N[C@H](c2c(F)ccc(Cl)c2F)C23CCC(F)(CC2)C3)C2(CCCC2)C1. The van der Waals surface area contributed by atoms with E-state index in [1.807, 2.05) is 0 Å². The second-order valence-corrected chi connectivity index (χ2v) is 13.5. The smallest absolute Gasteiger partial charge is 0.225 e. The van der Waals surface area contributed by atoms with Gasteiger partial charge in [-0.2, -0.15) is 0 Å². The first-order chi connectivity index (χ1) is 15.9. The van der Waals surface area contributed by atoms with Crippen LogP contribution in [-0.4, -0.2) is 43.6 Å². The maximum absolute atomic E-state index is 15.2. The molecule has 1 aliphatic heterocycles. The van der Waals surface area contributed by atoms with Crippen LogP contribution in [0.4, 0.5) is 13.2 Å². The van der Waals surface area contributed by atoms with Crippen molar-refractivity contribution < 1.29 is 26.4 Å². The number of nitrogens with one attached hydrogen (secondary N) is 1. The number of nitrogens with zero attached hydrogens (tertiary/aromatic N) is 1. The number of sulfonamides is 1. The molecule has 1 N–H and O–H groups in total. The molecule has 1 aromatic rings. The summed E-state index contributed by atoms with van der Waals surface area (Å²) in [7, 11) is -3.50. The number of rotatable bonds is 5. The lowest BCUT2D eigenvalue weighted by Gasteiger charge is -2.39. The van der Waals surface area contributed by atoms with Gasteiger partial charge in [0.2, 0.25) is 15.9 Å². The molecule has 34 heavy (non-hydrogen) atoms. The van der Waals surface area contributed by atoms with Crippen molar-refractivity contribution in [1.82, 2.24) is 9.62 Å². The van der Waals surface area contributed by atoms with Crippen LogP contribution in [-0.2, 0) is 14.8 Å². The molecular formula is C24H30ClF3N2O3S. The minimum atomic E-state index is -3.50. The minimum absolute atomic E-state index is 0.0396. The molecule has 2 atom stereocenters. The lowest BCUT2D eigenvalue weighted by atomic mass is 9.72. The molecule has 1 spiro atoms. The van der Waals surface area contributed by atoms with E-state index in [9.17, 15) is 13.2 Å². The predicted octanol–water partition coefficient (Wildman–Crippen LogP) is 4.90. The van der Waals surface area contributed by atoms with E-state index in [1.54, 1.807) is 0 Å². The number of benzene rings is 1. The van der Waals surface area contributed by atoms with Gasteiger partial charge in [-0.3, -0.25) is 4.79 Å². The Balaban J connectivity index is 1.52. The summed E-state index contributed by atoms with van der Waals surface area (Å²) in [6.45, 7) is 0.311. The highest BCUT2D eigenvalue weighted by molar-refractivity contribution is 7.88. The van der Waals surface area contributed by atoms with E-state index in [4.69, 9.17) is 11.6 Å². The Kier molecular flexibility index (Phi) is 5.81. The zero-order chi connectivity index (χ0) is 24.5. The van der Waals surface area contributed by atoms with Crippen LogP contribution in [0.25, 0.3) is 0 Å². The molecule has 4 fully saturated rings. The summed E-state index contributed by atoms with van der Waals surface area (Å²) in [5, 5.41) is 2.66. The number of carbonyl (C=O) groups excluding carboxylic acids is 1. The van der Waals surface area contributed by atoms with Crippen molar-refractivity contribution in [2.45, 2.75) is 69.5 Å². The zero-order valence-corrected chi connectivity index (χ0v) is 20.8. The van der Waals surface area contributed by atoms with Gasteiger partial charge in [-0.1, -0.05) is 24.4 Å². The molecule has 5 nitrogen and oxygen atoms in total. The molecule has 0 aromatic heterocycles. The average molecular weight is 519 g/mol. The highest BCUT2D eigenvalue weighted by Gasteiger charge is 2.60. The molecule has 1 amide bonds. The molecular weight excluding hydrogens is 489 g/mol. The third-order valence-corrected chi connectivity index (χ3v) is 10.6. The Hall–Kier alpha value is -1.32. The van der Waals surface area contributed by atoms with Gasteiger partial charge in [-0.05, 0) is 67.9 Å². The van der Waals surface area contributed by atoms with E-state index in [-0.39, 0.29) is 30.1 Å². The molecule has 1 heterocycles. The molecule has 1 saturated heterocycles. The molecule has 188 valence electrons. The highest BCUT2D eigenvalue weighted by atomic mass is 35.5. The molecule has 3 saturated carbocycles. The fourth-order valence-electron chi connectivity index (χ4n) is 7.28. The van der Waals surface area contributed by atoms with Crippen molar-refractivity contribution in [1.29, 1.82) is 0 Å². The molecule has 10 heteroatoms. The van der Waals surface area contributed by atoms with Crippen LogP contribution < -0.4 is 5.32 Å². The second-order valence-electron chi connectivity index (χ2n) is 11.1. The minimum Gasteiger partial charge on any atom is -0.348 e. The second kappa shape index (κ2) is 8.10. The third kappa shape index (κ3) is 3.86. The Morgan fingerprint density at radius 2 is 1.79 bits per heavy atom. The summed E-state index contributed by atoms with van der Waals surface area (Å²) in [6, 6.07) is 1.12. The van der Waals surface area contributed by atoms with Gasteiger partial charge in [-0.15, -0.1) is 0 Å². The maximum Gasteiger partial charge on any atom is 0.225 e. The third-order valence-electron chi connectivity index (χ3n) is 9.08. The first kappa shape index (κ1) is 24.4. The van der Waals surface area contributed by atoms with Gasteiger partial charge in [0.25, 0.3) is 0 Å². The number of hydrogen-bond acceptors (Lipinski definition) is 3. The molecule has 1 aromatic carbocycles. The van der Waals surface area contributed by atoms with Gasteiger partial charge in [0, 0.05) is 18.7 Å². The fourth-order valence-corrected chi connectivity index (χ4v) is 8.35. The summed E-state index contributed by atoms with van der Waals surface area (Å²) < 4.78 is 71.4. The zero-order valence-electron chi connectivity index (χ0n) is 19.2. The number of hydrogen-bond donors (Lipinski definition) is 1. The van der Waals surface area contributed by atoms with Gasteiger partial charge in [0.05, 0.1) is 23.2 Å². The summed E-state index contributed by atoms with van der Waals surface area (Å²) >= 11 is 5.99. The van der Waals surface area contributed by atoms with Crippen molar-refractivity contribution >= 4 is 27.5 Å². The Labute approximate surface area is 203 Å². The summed E-state index contributed by atoms with van der Waals surface area (Å²) in [4.78, 5) is 13.8. The van der Waals surface area contributed by atoms with Crippen LogP contribution in [0.5, 0.6) is 0 Å². The molecule has 4 aliphatic rings. The van der Waals surface area contributed by atoms with Crippen molar-refractivity contribution in [3.63, 3.8) is 0 Å². The van der Waals surface area contributed by atoms with E-state index in [1.165, 1.54) is 4.31 Å². The monoisotopic (exact) mass is 518 g/mol. The van der Waals surface area contributed by atoms with Gasteiger partial charge in [-0.25, -0.2) is 25.9 Å². The molecule has 0 radical (unpaired) electrons. The first-order valence-electron chi connectivity index (χ1n) is 12.0. The van der Waals surface area contributed by atoms with Crippen LogP contribution in [0, 0.1) is 28.4 Å². The topological polar surface area (TPSA) is 66.5 Å². The fraction of sp³-hybridized carbons (Fsp3) is 0.708. The van der Waals surface area contributed by atoms with Crippen LogP contribution in [0.15, 0.2) is 12.1 Å². The average Bonchev–Trinajstić information content (AvgIpc) is 3.53. The van der Waals surface area contributed by atoms with Gasteiger partial charge >= 0.3 is 0 Å². The highest BCUT2D eigenvalue weighted by Crippen LogP contribution is 2.64. The van der Waals surface area contributed by atoms with E-state index < -0.39 is 56.0 Å². The van der Waals surface area contributed by atoms with Crippen LogP contribution in [0.3, 0.4) is 0 Å². The quantitative estimate of drug-likeness (QED) is 0.564. The molecule has 5 rings (SSSR count). The first-order valence-corrected chi connectivity index (χ1v) is 14.2. The Morgan fingerprint density at radius 3 is 2.35 bits per heavy atom. The summed E-state index contributed by atoms with van der Waals surface area (Å²) in [5.41, 5.74) is -3.02. The molecule has 0 unspecified atom stereocenters. The van der Waals surface area contributed by atoms with Crippen LogP contribution in [0.1, 0.15) is 69.4 Å². The largest absolute Gasteiger partial charge is 0.348 e. The summed E-state index contributed by atoms with van der Waals surface area (Å²) in [6.07, 6.45) is 5.90. The standard InChI is InChI=1S/C24H30ClF3N2O3S/c1-34(32,33)30-12-15(23(14-30)6-2-3-7-23)21(31)29-20(18-17(26)5-4-16(25)19(18)27)22-8-10-24(28,13-22)11-9-22/h4-5,15,20H,2-3,6-14H2,1H3,(H,29,31)/t15-,20+,22?,24?/m0/s1. The Morgan fingerprint density at radius 1 is 1.15 bits per heavy atom. The van der Waals surface area contributed by atoms with Crippen molar-refractivity contribution in [3.8, 4) is 0 Å².